The van der Waals surface area contributed by atoms with Crippen molar-refractivity contribution in [1.29, 1.82) is 0 Å². The molecule has 20 heavy (non-hydrogen) atoms. The summed E-state index contributed by atoms with van der Waals surface area (Å²) in [6.45, 7) is 0. The standard InChI is InChI=1S/C9H8N6O5/c1-13(2)8-6(9(16)11-12-10)3-5(14(17)18)4-7(8)15(19)20/h3-4H,1-2H3. The minimum atomic E-state index is -1.14. The average Bonchev–Trinajstić information content (AvgIpc) is 2.36. The second-order valence-electron chi connectivity index (χ2n) is 3.76. The van der Waals surface area contributed by atoms with Crippen LogP contribution in [0, 0.1) is 20.2 Å². The maximum atomic E-state index is 11.6. The summed E-state index contributed by atoms with van der Waals surface area (Å²) in [5, 5.41) is 24.5. The van der Waals surface area contributed by atoms with Gasteiger partial charge in [0.25, 0.3) is 17.3 Å². The van der Waals surface area contributed by atoms with Crippen LogP contribution in [0.3, 0.4) is 0 Å². The quantitative estimate of drug-likeness (QED) is 0.270. The van der Waals surface area contributed by atoms with Crippen molar-refractivity contribution in [2.24, 2.45) is 5.11 Å². The minimum Gasteiger partial charge on any atom is -0.372 e. The van der Waals surface area contributed by atoms with Crippen LogP contribution in [-0.4, -0.2) is 29.8 Å². The number of carbonyl (C=O) groups is 1. The molecule has 1 amide bonds. The molecule has 1 aromatic carbocycles. The van der Waals surface area contributed by atoms with E-state index in [1.165, 1.54) is 19.0 Å². The summed E-state index contributed by atoms with van der Waals surface area (Å²) in [5.74, 6) is -1.14. The highest BCUT2D eigenvalue weighted by Crippen LogP contribution is 2.35. The summed E-state index contributed by atoms with van der Waals surface area (Å²) in [5.41, 5.74) is 6.40. The lowest BCUT2D eigenvalue weighted by molar-refractivity contribution is -0.393. The lowest BCUT2D eigenvalue weighted by atomic mass is 10.1. The van der Waals surface area contributed by atoms with Gasteiger partial charge in [-0.3, -0.25) is 25.0 Å². The van der Waals surface area contributed by atoms with Gasteiger partial charge in [-0.2, -0.15) is 0 Å². The molecule has 0 aliphatic heterocycles. The predicted octanol–water partition coefficient (Wildman–Crippen LogP) is 2.02. The Morgan fingerprint density at radius 1 is 1.30 bits per heavy atom. The van der Waals surface area contributed by atoms with Crippen LogP contribution in [0.25, 0.3) is 10.4 Å². The molecule has 0 radical (unpaired) electrons. The van der Waals surface area contributed by atoms with Crippen molar-refractivity contribution in [1.82, 2.24) is 0 Å². The van der Waals surface area contributed by atoms with Crippen LogP contribution >= 0.6 is 0 Å². The molecule has 0 N–H and O–H groups in total. The topological polar surface area (TPSA) is 155 Å². The van der Waals surface area contributed by atoms with E-state index in [9.17, 15) is 25.0 Å². The molecule has 0 heterocycles. The molecule has 0 unspecified atom stereocenters. The van der Waals surface area contributed by atoms with E-state index in [4.69, 9.17) is 5.53 Å². The number of non-ortho nitro benzene ring substituents is 1. The fraction of sp³-hybridized carbons (Fsp3) is 0.222. The Balaban J connectivity index is 3.76. The molecule has 0 spiro atoms. The van der Waals surface area contributed by atoms with Crippen LogP contribution in [0.5, 0.6) is 0 Å². The highest BCUT2D eigenvalue weighted by molar-refractivity contribution is 6.03. The number of carbonyl (C=O) groups excluding carboxylic acids is 1. The molecule has 0 aliphatic rings. The number of benzene rings is 1. The number of nitro groups is 2. The van der Waals surface area contributed by atoms with Gasteiger partial charge in [0.05, 0.1) is 21.5 Å². The van der Waals surface area contributed by atoms with E-state index in [1.54, 1.807) is 0 Å². The predicted molar refractivity (Wildman–Crippen MR) is 67.6 cm³/mol. The second-order valence-corrected chi connectivity index (χ2v) is 3.76. The molecule has 11 nitrogen and oxygen atoms in total. The maximum absolute atomic E-state index is 11.6. The number of anilines is 1. The van der Waals surface area contributed by atoms with Crippen molar-refractivity contribution in [3.8, 4) is 0 Å². The zero-order valence-electron chi connectivity index (χ0n) is 10.4. The minimum absolute atomic E-state index is 0.169. The molecule has 104 valence electrons. The van der Waals surface area contributed by atoms with E-state index in [-0.39, 0.29) is 5.69 Å². The first-order valence-corrected chi connectivity index (χ1v) is 5.03. The number of azide groups is 1. The van der Waals surface area contributed by atoms with E-state index in [2.05, 4.69) is 10.0 Å². The summed E-state index contributed by atoms with van der Waals surface area (Å²) in [7, 11) is 2.84. The number of hydrogen-bond donors (Lipinski definition) is 0. The average molecular weight is 280 g/mol. The first-order chi connectivity index (χ1) is 9.29. The Morgan fingerprint density at radius 2 is 1.90 bits per heavy atom. The molecule has 0 atom stereocenters. The summed E-state index contributed by atoms with van der Waals surface area (Å²) >= 11 is 0. The largest absolute Gasteiger partial charge is 0.372 e. The van der Waals surface area contributed by atoms with Gasteiger partial charge in [-0.15, -0.1) is 0 Å². The fourth-order valence-electron chi connectivity index (χ4n) is 1.58. The highest BCUT2D eigenvalue weighted by Gasteiger charge is 2.28. The third-order valence-corrected chi connectivity index (χ3v) is 2.30. The van der Waals surface area contributed by atoms with Crippen LogP contribution in [-0.2, 0) is 0 Å². The van der Waals surface area contributed by atoms with Crippen molar-refractivity contribution in [2.75, 3.05) is 19.0 Å². The van der Waals surface area contributed by atoms with Gasteiger partial charge in [0.2, 0.25) is 0 Å². The fourth-order valence-corrected chi connectivity index (χ4v) is 1.58. The van der Waals surface area contributed by atoms with Gasteiger partial charge in [0.15, 0.2) is 0 Å². The first kappa shape index (κ1) is 14.9. The molecule has 0 aromatic heterocycles. The molecule has 11 heteroatoms. The van der Waals surface area contributed by atoms with E-state index in [1.807, 2.05) is 0 Å². The van der Waals surface area contributed by atoms with E-state index >= 15 is 0 Å². The third kappa shape index (κ3) is 2.79. The lowest BCUT2D eigenvalue weighted by Crippen LogP contribution is -2.16. The highest BCUT2D eigenvalue weighted by atomic mass is 16.6. The van der Waals surface area contributed by atoms with Crippen molar-refractivity contribution < 1.29 is 14.6 Å². The SMILES string of the molecule is CN(C)c1c(C(=O)N=[N+]=[N-])cc([N+](=O)[O-])cc1[N+](=O)[O-]. The van der Waals surface area contributed by atoms with Gasteiger partial charge in [0.1, 0.15) is 5.69 Å². The number of hydrogen-bond acceptors (Lipinski definition) is 6. The first-order valence-electron chi connectivity index (χ1n) is 5.03. The van der Waals surface area contributed by atoms with Gasteiger partial charge in [-0.1, -0.05) is 0 Å². The Labute approximate surface area is 111 Å². The molecule has 1 rings (SSSR count). The summed E-state index contributed by atoms with van der Waals surface area (Å²) in [6, 6.07) is 1.57. The van der Waals surface area contributed by atoms with Crippen molar-refractivity contribution in [3.63, 3.8) is 0 Å². The number of nitrogens with zero attached hydrogens (tertiary/aromatic N) is 6. The Morgan fingerprint density at radius 3 is 2.30 bits per heavy atom. The summed E-state index contributed by atoms with van der Waals surface area (Å²) in [4.78, 5) is 35.1. The Hall–Kier alpha value is -3.20. The lowest BCUT2D eigenvalue weighted by Gasteiger charge is -2.15. The van der Waals surface area contributed by atoms with E-state index in [0.717, 1.165) is 12.1 Å². The van der Waals surface area contributed by atoms with Crippen LogP contribution in [0.15, 0.2) is 17.2 Å². The molecule has 0 bridgehead atoms. The monoisotopic (exact) mass is 280 g/mol. The van der Waals surface area contributed by atoms with Crippen LogP contribution in [0.2, 0.25) is 0 Å². The van der Waals surface area contributed by atoms with Gasteiger partial charge < -0.3 is 4.90 Å². The van der Waals surface area contributed by atoms with Gasteiger partial charge >= 0.3 is 0 Å². The molecular weight excluding hydrogens is 272 g/mol. The number of amides is 1. The van der Waals surface area contributed by atoms with Crippen LogP contribution < -0.4 is 4.90 Å². The van der Waals surface area contributed by atoms with Gasteiger partial charge in [-0.05, 0) is 10.6 Å². The maximum Gasteiger partial charge on any atom is 0.300 e. The molecule has 0 saturated heterocycles. The molecule has 0 saturated carbocycles. The van der Waals surface area contributed by atoms with Crippen molar-refractivity contribution in [3.05, 3.63) is 48.4 Å². The van der Waals surface area contributed by atoms with Crippen LogP contribution in [0.1, 0.15) is 10.4 Å². The van der Waals surface area contributed by atoms with Crippen molar-refractivity contribution in [2.45, 2.75) is 0 Å². The van der Waals surface area contributed by atoms with Gasteiger partial charge in [0, 0.05) is 25.1 Å². The van der Waals surface area contributed by atoms with E-state index < -0.39 is 32.7 Å². The van der Waals surface area contributed by atoms with E-state index in [0.29, 0.717) is 0 Å². The van der Waals surface area contributed by atoms with Crippen molar-refractivity contribution >= 4 is 23.0 Å². The Kier molecular flexibility index (Phi) is 4.18. The Bertz CT molecular complexity index is 648. The molecule has 0 fully saturated rings. The van der Waals surface area contributed by atoms with Gasteiger partial charge in [-0.25, -0.2) is 0 Å². The second kappa shape index (κ2) is 5.63. The smallest absolute Gasteiger partial charge is 0.300 e. The zero-order valence-corrected chi connectivity index (χ0v) is 10.4. The third-order valence-electron chi connectivity index (χ3n) is 2.30. The van der Waals surface area contributed by atoms with Crippen LogP contribution in [0.4, 0.5) is 17.1 Å². The zero-order chi connectivity index (χ0) is 15.4. The normalized spacial score (nSPS) is 9.50. The number of nitro benzene ring substituents is 2. The molecular formula is C9H8N6O5. The molecule has 0 aliphatic carbocycles. The summed E-state index contributed by atoms with van der Waals surface area (Å²) < 4.78 is 0. The molecule has 1 aromatic rings. The number of rotatable bonds is 4. The summed E-state index contributed by atoms with van der Waals surface area (Å²) in [6.07, 6.45) is 0.